The molecule has 1 aliphatic carbocycles. The van der Waals surface area contributed by atoms with Crippen molar-refractivity contribution >= 4 is 28.3 Å². The number of thiazole rings is 1. The number of carbonyl (C=O) groups is 2. The third-order valence-corrected chi connectivity index (χ3v) is 6.31. The van der Waals surface area contributed by atoms with Crippen LogP contribution >= 0.6 is 11.3 Å². The molecular weight excluding hydrogens is 418 g/mol. The summed E-state index contributed by atoms with van der Waals surface area (Å²) in [5.74, 6) is 0.304. The van der Waals surface area contributed by atoms with E-state index in [1.165, 1.54) is 37.5 Å². The standard InChI is InChI=1S/C22H29N3O5S/c1-12(2)18(21(27)25-22-23-14-8-6-7-9-17(14)31-22)24-20(26)13-10-15(28-3)19(30-5)16(11-13)29-4/h10-12,18H,6-9H2,1-5H3,(H,24,26)(H,23,25,27). The van der Waals surface area contributed by atoms with Gasteiger partial charge in [-0.25, -0.2) is 4.98 Å². The van der Waals surface area contributed by atoms with Crippen molar-refractivity contribution in [3.63, 3.8) is 0 Å². The number of anilines is 1. The molecule has 0 saturated heterocycles. The Bertz CT molecular complexity index is 908. The van der Waals surface area contributed by atoms with Crippen LogP contribution < -0.4 is 24.8 Å². The molecule has 0 spiro atoms. The SMILES string of the molecule is COc1cc(C(=O)NC(C(=O)Nc2nc3c(s2)CCCC3)C(C)C)cc(OC)c1OC. The molecule has 1 atom stereocenters. The summed E-state index contributed by atoms with van der Waals surface area (Å²) in [7, 11) is 4.46. The Hall–Kier alpha value is -2.81. The van der Waals surface area contributed by atoms with Gasteiger partial charge in [0.2, 0.25) is 11.7 Å². The third-order valence-electron chi connectivity index (χ3n) is 5.24. The first-order chi connectivity index (χ1) is 14.9. The van der Waals surface area contributed by atoms with Crippen LogP contribution in [0, 0.1) is 5.92 Å². The first-order valence-corrected chi connectivity index (χ1v) is 11.1. The van der Waals surface area contributed by atoms with E-state index < -0.39 is 11.9 Å². The molecule has 1 aliphatic rings. The van der Waals surface area contributed by atoms with Crippen LogP contribution in [0.4, 0.5) is 5.13 Å². The van der Waals surface area contributed by atoms with Gasteiger partial charge in [-0.15, -0.1) is 11.3 Å². The Balaban J connectivity index is 1.77. The van der Waals surface area contributed by atoms with Crippen LogP contribution in [0.25, 0.3) is 0 Å². The number of fused-ring (bicyclic) bond motifs is 1. The second-order valence-corrected chi connectivity index (χ2v) is 8.78. The lowest BCUT2D eigenvalue weighted by molar-refractivity contribution is -0.118. The van der Waals surface area contributed by atoms with E-state index in [1.54, 1.807) is 12.1 Å². The minimum atomic E-state index is -0.729. The average Bonchev–Trinajstić information content (AvgIpc) is 3.17. The molecule has 1 aromatic heterocycles. The number of carbonyl (C=O) groups excluding carboxylic acids is 2. The number of hydrogen-bond acceptors (Lipinski definition) is 7. The number of ether oxygens (including phenoxy) is 3. The van der Waals surface area contributed by atoms with E-state index in [1.807, 2.05) is 13.8 Å². The van der Waals surface area contributed by atoms with Crippen LogP contribution in [0.3, 0.4) is 0 Å². The van der Waals surface area contributed by atoms with Gasteiger partial charge in [0.25, 0.3) is 5.91 Å². The number of amides is 2. The summed E-state index contributed by atoms with van der Waals surface area (Å²) >= 11 is 1.52. The van der Waals surface area contributed by atoms with Crippen molar-refractivity contribution in [3.8, 4) is 17.2 Å². The third kappa shape index (κ3) is 5.10. The molecule has 9 heteroatoms. The lowest BCUT2D eigenvalue weighted by atomic mass is 10.0. The van der Waals surface area contributed by atoms with Crippen molar-refractivity contribution in [2.24, 2.45) is 5.92 Å². The highest BCUT2D eigenvalue weighted by atomic mass is 32.1. The number of rotatable bonds is 8. The number of hydrogen-bond donors (Lipinski definition) is 2. The molecule has 31 heavy (non-hydrogen) atoms. The summed E-state index contributed by atoms with van der Waals surface area (Å²) in [5.41, 5.74) is 1.38. The molecule has 1 heterocycles. The average molecular weight is 448 g/mol. The van der Waals surface area contributed by atoms with Crippen molar-refractivity contribution in [2.75, 3.05) is 26.6 Å². The summed E-state index contributed by atoms with van der Waals surface area (Å²) in [5, 5.41) is 6.30. The molecule has 2 amide bonds. The van der Waals surface area contributed by atoms with E-state index >= 15 is 0 Å². The van der Waals surface area contributed by atoms with Gasteiger partial charge in [-0.1, -0.05) is 13.8 Å². The Morgan fingerprint density at radius 2 is 1.68 bits per heavy atom. The van der Waals surface area contributed by atoms with Gasteiger partial charge in [0.15, 0.2) is 16.6 Å². The molecule has 3 rings (SSSR count). The van der Waals surface area contributed by atoms with Gasteiger partial charge >= 0.3 is 0 Å². The van der Waals surface area contributed by atoms with Crippen LogP contribution in [-0.4, -0.2) is 44.2 Å². The van der Waals surface area contributed by atoms with Gasteiger partial charge in [0, 0.05) is 10.4 Å². The summed E-state index contributed by atoms with van der Waals surface area (Å²) in [4.78, 5) is 31.7. The van der Waals surface area contributed by atoms with E-state index in [0.29, 0.717) is 27.9 Å². The lowest BCUT2D eigenvalue weighted by Gasteiger charge is -2.21. The normalized spacial score (nSPS) is 13.9. The van der Waals surface area contributed by atoms with Gasteiger partial charge in [-0.3, -0.25) is 9.59 Å². The minimum Gasteiger partial charge on any atom is -0.493 e. The van der Waals surface area contributed by atoms with Crippen LogP contribution in [0.5, 0.6) is 17.2 Å². The Morgan fingerprint density at radius 3 is 2.23 bits per heavy atom. The molecule has 2 aromatic rings. The molecule has 8 nitrogen and oxygen atoms in total. The predicted octanol–water partition coefficient (Wildman–Crippen LogP) is 3.44. The molecular formula is C22H29N3O5S. The predicted molar refractivity (Wildman–Crippen MR) is 120 cm³/mol. The van der Waals surface area contributed by atoms with Crippen molar-refractivity contribution < 1.29 is 23.8 Å². The van der Waals surface area contributed by atoms with Crippen LogP contribution in [0.15, 0.2) is 12.1 Å². The van der Waals surface area contributed by atoms with Gasteiger partial charge in [0.05, 0.1) is 27.0 Å². The fraction of sp³-hybridized carbons (Fsp3) is 0.500. The number of methoxy groups -OCH3 is 3. The van der Waals surface area contributed by atoms with Gasteiger partial charge < -0.3 is 24.8 Å². The quantitative estimate of drug-likeness (QED) is 0.643. The van der Waals surface area contributed by atoms with Crippen molar-refractivity contribution in [2.45, 2.75) is 45.6 Å². The highest BCUT2D eigenvalue weighted by Gasteiger charge is 2.27. The van der Waals surface area contributed by atoms with Gasteiger partial charge in [-0.2, -0.15) is 0 Å². The summed E-state index contributed by atoms with van der Waals surface area (Å²) < 4.78 is 15.9. The monoisotopic (exact) mass is 447 g/mol. The summed E-state index contributed by atoms with van der Waals surface area (Å²) in [6.45, 7) is 3.76. The zero-order valence-corrected chi connectivity index (χ0v) is 19.4. The molecule has 0 aliphatic heterocycles. The lowest BCUT2D eigenvalue weighted by Crippen LogP contribution is -2.47. The minimum absolute atomic E-state index is 0.124. The number of nitrogens with one attached hydrogen (secondary N) is 2. The molecule has 0 fully saturated rings. The van der Waals surface area contributed by atoms with Crippen molar-refractivity contribution in [1.82, 2.24) is 10.3 Å². The Labute approximate surface area is 186 Å². The number of benzene rings is 1. The fourth-order valence-electron chi connectivity index (χ4n) is 3.56. The summed E-state index contributed by atoms with van der Waals surface area (Å²) in [6, 6.07) is 2.38. The maximum atomic E-state index is 13.0. The maximum Gasteiger partial charge on any atom is 0.252 e. The second kappa shape index (κ2) is 10.00. The Kier molecular flexibility index (Phi) is 7.37. The fourth-order valence-corrected chi connectivity index (χ4v) is 4.61. The van der Waals surface area contributed by atoms with E-state index in [4.69, 9.17) is 14.2 Å². The van der Waals surface area contributed by atoms with E-state index in [9.17, 15) is 9.59 Å². The van der Waals surface area contributed by atoms with E-state index in [2.05, 4.69) is 15.6 Å². The van der Waals surface area contributed by atoms with Gasteiger partial charge in [-0.05, 0) is 43.7 Å². The molecule has 1 unspecified atom stereocenters. The maximum absolute atomic E-state index is 13.0. The number of nitrogens with zero attached hydrogens (tertiary/aromatic N) is 1. The second-order valence-electron chi connectivity index (χ2n) is 7.69. The largest absolute Gasteiger partial charge is 0.493 e. The molecule has 168 valence electrons. The van der Waals surface area contributed by atoms with Crippen molar-refractivity contribution in [3.05, 3.63) is 28.3 Å². The summed E-state index contributed by atoms with van der Waals surface area (Å²) in [6.07, 6.45) is 4.24. The number of aromatic nitrogens is 1. The molecule has 0 bridgehead atoms. The van der Waals surface area contributed by atoms with Crippen LogP contribution in [-0.2, 0) is 17.6 Å². The highest BCUT2D eigenvalue weighted by Crippen LogP contribution is 2.38. The Morgan fingerprint density at radius 1 is 1.03 bits per heavy atom. The van der Waals surface area contributed by atoms with E-state index in [0.717, 1.165) is 31.4 Å². The van der Waals surface area contributed by atoms with Crippen LogP contribution in [0.1, 0.15) is 47.6 Å². The van der Waals surface area contributed by atoms with Crippen molar-refractivity contribution in [1.29, 1.82) is 0 Å². The zero-order valence-electron chi connectivity index (χ0n) is 18.5. The smallest absolute Gasteiger partial charge is 0.252 e. The molecule has 0 saturated carbocycles. The first-order valence-electron chi connectivity index (χ1n) is 10.3. The highest BCUT2D eigenvalue weighted by molar-refractivity contribution is 7.15. The molecule has 0 radical (unpaired) electrons. The van der Waals surface area contributed by atoms with Crippen LogP contribution in [0.2, 0.25) is 0 Å². The number of aryl methyl sites for hydroxylation is 2. The first kappa shape index (κ1) is 22.9. The zero-order chi connectivity index (χ0) is 22.5. The molecule has 1 aromatic carbocycles. The van der Waals surface area contributed by atoms with Gasteiger partial charge in [0.1, 0.15) is 6.04 Å². The molecule has 2 N–H and O–H groups in total. The topological polar surface area (TPSA) is 98.8 Å². The van der Waals surface area contributed by atoms with E-state index in [-0.39, 0.29) is 11.8 Å².